The van der Waals surface area contributed by atoms with Crippen molar-refractivity contribution < 1.29 is 27.5 Å². The first kappa shape index (κ1) is 23.6. The van der Waals surface area contributed by atoms with Gasteiger partial charge in [-0.3, -0.25) is 14.4 Å². The maximum absolute atomic E-state index is 13.8. The Kier molecular flexibility index (Phi) is 6.99. The molecule has 1 aromatic carbocycles. The Morgan fingerprint density at radius 3 is 2.09 bits per heavy atom. The molecule has 1 aromatic rings. The highest BCUT2D eigenvalue weighted by atomic mass is 32.2. The minimum Gasteiger partial charge on any atom is -0.466 e. The number of Topliss-reactive ketones (excluding diaryl/α,β-unsaturated/α-hetero) is 2. The van der Waals surface area contributed by atoms with Crippen LogP contribution in [0.3, 0.4) is 0 Å². The molecule has 2 saturated heterocycles. The second kappa shape index (κ2) is 9.77. The molecule has 0 atom stereocenters. The van der Waals surface area contributed by atoms with E-state index in [-0.39, 0.29) is 48.4 Å². The molecular weight excluding hydrogens is 444 g/mol. The number of likely N-dealkylation sites (tertiary alicyclic amines) is 1. The number of hydrogen-bond donors (Lipinski definition) is 0. The quantitative estimate of drug-likeness (QED) is 0.605. The van der Waals surface area contributed by atoms with Crippen LogP contribution in [0.25, 0.3) is 0 Å². The van der Waals surface area contributed by atoms with Crippen molar-refractivity contribution in [3.8, 4) is 0 Å². The molecule has 0 saturated carbocycles. The summed E-state index contributed by atoms with van der Waals surface area (Å²) < 4.78 is 33.9. The highest BCUT2D eigenvalue weighted by molar-refractivity contribution is 7.94. The first-order valence-electron chi connectivity index (χ1n) is 11.7. The number of esters is 1. The van der Waals surface area contributed by atoms with Crippen LogP contribution in [0.1, 0.15) is 66.2 Å². The van der Waals surface area contributed by atoms with Crippen molar-refractivity contribution in [2.75, 3.05) is 32.8 Å². The van der Waals surface area contributed by atoms with E-state index < -0.39 is 26.5 Å². The molecule has 8 nitrogen and oxygen atoms in total. The van der Waals surface area contributed by atoms with Crippen LogP contribution in [0.5, 0.6) is 0 Å². The SMILES string of the molecule is CCOC(=O)C1CCN(S(=O)(=O)C2=C(N3CCCCCC3)C(=O)c3ccccc3C2=O)CC1. The maximum atomic E-state index is 13.8. The van der Waals surface area contributed by atoms with E-state index in [4.69, 9.17) is 4.74 Å². The van der Waals surface area contributed by atoms with Gasteiger partial charge < -0.3 is 9.64 Å². The van der Waals surface area contributed by atoms with E-state index in [1.807, 2.05) is 0 Å². The topological polar surface area (TPSA) is 101 Å². The van der Waals surface area contributed by atoms with E-state index in [0.29, 0.717) is 25.9 Å². The van der Waals surface area contributed by atoms with Crippen LogP contribution in [0.4, 0.5) is 0 Å². The third-order valence-electron chi connectivity index (χ3n) is 6.65. The molecule has 0 N–H and O–H groups in total. The van der Waals surface area contributed by atoms with Gasteiger partial charge in [-0.25, -0.2) is 8.42 Å². The molecule has 0 radical (unpaired) electrons. The zero-order valence-electron chi connectivity index (χ0n) is 18.9. The fourth-order valence-electron chi connectivity index (χ4n) is 4.88. The Morgan fingerprint density at radius 1 is 0.939 bits per heavy atom. The fourth-order valence-corrected chi connectivity index (χ4v) is 6.64. The summed E-state index contributed by atoms with van der Waals surface area (Å²) in [7, 11) is -4.23. The fraction of sp³-hybridized carbons (Fsp3) is 0.542. The summed E-state index contributed by atoms with van der Waals surface area (Å²) >= 11 is 0. The zero-order valence-corrected chi connectivity index (χ0v) is 19.7. The van der Waals surface area contributed by atoms with E-state index in [9.17, 15) is 22.8 Å². The van der Waals surface area contributed by atoms with Crippen molar-refractivity contribution in [2.24, 2.45) is 5.92 Å². The zero-order chi connectivity index (χ0) is 23.6. The number of rotatable bonds is 5. The molecule has 178 valence electrons. The predicted octanol–water partition coefficient (Wildman–Crippen LogP) is 2.76. The van der Waals surface area contributed by atoms with Gasteiger partial charge in [0.1, 0.15) is 5.70 Å². The minimum absolute atomic E-state index is 0.00751. The van der Waals surface area contributed by atoms with Gasteiger partial charge in [-0.05, 0) is 32.6 Å². The van der Waals surface area contributed by atoms with Crippen molar-refractivity contribution in [3.05, 3.63) is 46.0 Å². The van der Waals surface area contributed by atoms with Crippen molar-refractivity contribution in [1.82, 2.24) is 9.21 Å². The molecule has 2 heterocycles. The highest BCUT2D eigenvalue weighted by Crippen LogP contribution is 2.35. The lowest BCUT2D eigenvalue weighted by Crippen LogP contribution is -2.45. The first-order valence-corrected chi connectivity index (χ1v) is 13.1. The van der Waals surface area contributed by atoms with E-state index in [2.05, 4.69) is 0 Å². The van der Waals surface area contributed by atoms with Crippen molar-refractivity contribution >= 4 is 27.6 Å². The van der Waals surface area contributed by atoms with Gasteiger partial charge in [0.25, 0.3) is 0 Å². The van der Waals surface area contributed by atoms with E-state index >= 15 is 0 Å². The lowest BCUT2D eigenvalue weighted by atomic mass is 9.91. The third-order valence-corrected chi connectivity index (χ3v) is 8.59. The predicted molar refractivity (Wildman–Crippen MR) is 122 cm³/mol. The van der Waals surface area contributed by atoms with Crippen LogP contribution < -0.4 is 0 Å². The second-order valence-electron chi connectivity index (χ2n) is 8.71. The van der Waals surface area contributed by atoms with E-state index in [1.54, 1.807) is 30.0 Å². The average Bonchev–Trinajstić information content (AvgIpc) is 3.11. The van der Waals surface area contributed by atoms with Gasteiger partial charge in [0.15, 0.2) is 4.91 Å². The molecular formula is C24H30N2O6S. The number of piperidine rings is 1. The number of carbonyl (C=O) groups excluding carboxylic acids is 3. The number of hydrogen-bond acceptors (Lipinski definition) is 7. The molecule has 4 rings (SSSR count). The van der Waals surface area contributed by atoms with Gasteiger partial charge in [0.05, 0.1) is 12.5 Å². The first-order chi connectivity index (χ1) is 15.9. The summed E-state index contributed by atoms with van der Waals surface area (Å²) in [6.45, 7) is 3.30. The number of sulfonamides is 1. The Morgan fingerprint density at radius 2 is 1.52 bits per heavy atom. The molecule has 3 aliphatic rings. The standard InChI is InChI=1S/C24H30N2O6S/c1-2-32-24(29)17-11-15-26(16-12-17)33(30,31)23-20(25-13-7-3-4-8-14-25)21(27)18-9-5-6-10-19(18)22(23)28/h5-6,9-10,17H,2-4,7-8,11-16H2,1H3. The molecule has 2 fully saturated rings. The summed E-state index contributed by atoms with van der Waals surface area (Å²) in [5.41, 5.74) is 0.385. The lowest BCUT2D eigenvalue weighted by Gasteiger charge is -2.34. The minimum atomic E-state index is -4.23. The maximum Gasteiger partial charge on any atom is 0.309 e. The molecule has 9 heteroatoms. The van der Waals surface area contributed by atoms with Gasteiger partial charge >= 0.3 is 5.97 Å². The molecule has 33 heavy (non-hydrogen) atoms. The number of allylic oxidation sites excluding steroid dienone is 2. The monoisotopic (exact) mass is 474 g/mol. The number of fused-ring (bicyclic) bond motifs is 1. The Bertz CT molecular complexity index is 1080. The van der Waals surface area contributed by atoms with Crippen molar-refractivity contribution in [1.29, 1.82) is 0 Å². The van der Waals surface area contributed by atoms with Crippen LogP contribution in [-0.2, 0) is 19.6 Å². The van der Waals surface area contributed by atoms with Crippen molar-refractivity contribution in [3.63, 3.8) is 0 Å². The molecule has 0 unspecified atom stereocenters. The molecule has 0 amide bonds. The number of benzene rings is 1. The van der Waals surface area contributed by atoms with Crippen LogP contribution in [0.15, 0.2) is 34.9 Å². The van der Waals surface area contributed by atoms with Gasteiger partial charge in [0, 0.05) is 37.3 Å². The Hall–Kier alpha value is -2.52. The summed E-state index contributed by atoms with van der Waals surface area (Å²) in [6.07, 6.45) is 4.33. The molecule has 1 aliphatic carbocycles. The third kappa shape index (κ3) is 4.48. The van der Waals surface area contributed by atoms with Gasteiger partial charge in [-0.1, -0.05) is 37.1 Å². The second-order valence-corrected chi connectivity index (χ2v) is 10.6. The van der Waals surface area contributed by atoms with E-state index in [0.717, 1.165) is 25.7 Å². The molecule has 2 aliphatic heterocycles. The summed E-state index contributed by atoms with van der Waals surface area (Å²) in [5.74, 6) is -1.72. The highest BCUT2D eigenvalue weighted by Gasteiger charge is 2.44. The normalized spacial score (nSPS) is 21.1. The summed E-state index contributed by atoms with van der Waals surface area (Å²) in [5, 5.41) is 0. The van der Waals surface area contributed by atoms with Crippen LogP contribution in [0.2, 0.25) is 0 Å². The Labute approximate surface area is 194 Å². The van der Waals surface area contributed by atoms with Crippen LogP contribution in [-0.4, -0.2) is 67.9 Å². The molecule has 0 bridgehead atoms. The molecule has 0 aromatic heterocycles. The van der Waals surface area contributed by atoms with Crippen LogP contribution in [0, 0.1) is 5.92 Å². The lowest BCUT2D eigenvalue weighted by molar-refractivity contribution is -0.149. The van der Waals surface area contributed by atoms with Crippen molar-refractivity contribution in [2.45, 2.75) is 45.4 Å². The number of carbonyl (C=O) groups is 3. The van der Waals surface area contributed by atoms with Gasteiger partial charge in [0.2, 0.25) is 21.6 Å². The summed E-state index contributed by atoms with van der Waals surface area (Å²) in [6, 6.07) is 6.42. The average molecular weight is 475 g/mol. The number of ether oxygens (including phenoxy) is 1. The summed E-state index contributed by atoms with van der Waals surface area (Å²) in [4.78, 5) is 40.5. The van der Waals surface area contributed by atoms with Gasteiger partial charge in [-0.2, -0.15) is 4.31 Å². The largest absolute Gasteiger partial charge is 0.466 e. The number of nitrogens with zero attached hydrogens (tertiary/aromatic N) is 2. The smallest absolute Gasteiger partial charge is 0.309 e. The van der Waals surface area contributed by atoms with E-state index in [1.165, 1.54) is 10.4 Å². The Balaban J connectivity index is 1.72. The van der Waals surface area contributed by atoms with Crippen LogP contribution >= 0.6 is 0 Å². The molecule has 0 spiro atoms. The number of ketones is 2. The van der Waals surface area contributed by atoms with Gasteiger partial charge in [-0.15, -0.1) is 0 Å².